The zero-order valence-electron chi connectivity index (χ0n) is 13.8. The Balaban J connectivity index is 1.72. The van der Waals surface area contributed by atoms with E-state index in [9.17, 15) is 8.78 Å². The molecule has 0 aromatic carbocycles. The highest BCUT2D eigenvalue weighted by atomic mass is 79.9. The van der Waals surface area contributed by atoms with Gasteiger partial charge in [-0.05, 0) is 56.8 Å². The molecular formula is C16H28BrF2N3OS. The first-order chi connectivity index (χ1) is 11.4. The molecule has 3 fully saturated rings. The SMILES string of the molecule is NC1NC(C2CCC(OC(F)F)CC2)(C2CCCC(Br)C2)NC1S. The lowest BCUT2D eigenvalue weighted by Gasteiger charge is -2.49. The molecule has 0 radical (unpaired) electrons. The molecule has 3 aliphatic rings. The van der Waals surface area contributed by atoms with Gasteiger partial charge >= 0.3 is 6.61 Å². The molecule has 0 spiro atoms. The van der Waals surface area contributed by atoms with Crippen LogP contribution < -0.4 is 16.4 Å². The zero-order valence-corrected chi connectivity index (χ0v) is 16.2. The largest absolute Gasteiger partial charge is 0.345 e. The van der Waals surface area contributed by atoms with Crippen LogP contribution in [-0.2, 0) is 4.74 Å². The van der Waals surface area contributed by atoms with Gasteiger partial charge in [-0.1, -0.05) is 22.4 Å². The molecule has 5 atom stereocenters. The van der Waals surface area contributed by atoms with E-state index in [2.05, 4.69) is 39.2 Å². The van der Waals surface area contributed by atoms with Crippen molar-refractivity contribution in [2.45, 2.75) is 86.1 Å². The molecule has 4 N–H and O–H groups in total. The Bertz CT molecular complexity index is 416. The molecule has 24 heavy (non-hydrogen) atoms. The quantitative estimate of drug-likeness (QED) is 0.411. The van der Waals surface area contributed by atoms with E-state index in [4.69, 9.17) is 10.5 Å². The van der Waals surface area contributed by atoms with Crippen molar-refractivity contribution in [1.29, 1.82) is 0 Å². The number of rotatable bonds is 4. The van der Waals surface area contributed by atoms with Gasteiger partial charge in [-0.25, -0.2) is 0 Å². The first kappa shape index (κ1) is 19.3. The van der Waals surface area contributed by atoms with Gasteiger partial charge in [-0.3, -0.25) is 10.6 Å². The lowest BCUT2D eigenvalue weighted by molar-refractivity contribution is -0.173. The summed E-state index contributed by atoms with van der Waals surface area (Å²) in [5.41, 5.74) is 5.97. The predicted octanol–water partition coefficient (Wildman–Crippen LogP) is 3.17. The van der Waals surface area contributed by atoms with Crippen LogP contribution in [0.2, 0.25) is 0 Å². The number of thiol groups is 1. The fraction of sp³-hybridized carbons (Fsp3) is 1.00. The molecule has 1 saturated heterocycles. The second kappa shape index (κ2) is 8.05. The van der Waals surface area contributed by atoms with Gasteiger partial charge < -0.3 is 10.5 Å². The predicted molar refractivity (Wildman–Crippen MR) is 97.3 cm³/mol. The van der Waals surface area contributed by atoms with Crippen molar-refractivity contribution in [3.63, 3.8) is 0 Å². The Labute approximate surface area is 156 Å². The number of alkyl halides is 3. The van der Waals surface area contributed by atoms with Crippen molar-refractivity contribution < 1.29 is 13.5 Å². The summed E-state index contributed by atoms with van der Waals surface area (Å²) < 4.78 is 29.6. The van der Waals surface area contributed by atoms with Gasteiger partial charge in [0.15, 0.2) is 0 Å². The van der Waals surface area contributed by atoms with Crippen molar-refractivity contribution in [2.75, 3.05) is 0 Å². The van der Waals surface area contributed by atoms with Crippen LogP contribution >= 0.6 is 28.6 Å². The molecular weight excluding hydrogens is 400 g/mol. The lowest BCUT2D eigenvalue weighted by Crippen LogP contribution is -2.63. The van der Waals surface area contributed by atoms with Gasteiger partial charge in [-0.15, -0.1) is 0 Å². The average molecular weight is 428 g/mol. The van der Waals surface area contributed by atoms with E-state index in [1.54, 1.807) is 0 Å². The van der Waals surface area contributed by atoms with E-state index in [0.717, 1.165) is 25.7 Å². The molecule has 2 saturated carbocycles. The topological polar surface area (TPSA) is 59.3 Å². The number of ether oxygens (including phenoxy) is 1. The second-order valence-corrected chi connectivity index (χ2v) is 9.31. The molecule has 1 aliphatic heterocycles. The van der Waals surface area contributed by atoms with Crippen LogP contribution in [0.1, 0.15) is 51.4 Å². The molecule has 1 heterocycles. The normalized spacial score (nSPS) is 47.2. The van der Waals surface area contributed by atoms with Crippen molar-refractivity contribution in [3.05, 3.63) is 0 Å². The monoisotopic (exact) mass is 427 g/mol. The highest BCUT2D eigenvalue weighted by Gasteiger charge is 2.53. The summed E-state index contributed by atoms with van der Waals surface area (Å²) in [5, 5.41) is 7.18. The molecule has 8 heteroatoms. The smallest absolute Gasteiger partial charge is 0.320 e. The van der Waals surface area contributed by atoms with Gasteiger partial charge in [0.05, 0.1) is 23.3 Å². The number of hydrogen-bond donors (Lipinski definition) is 4. The first-order valence-corrected chi connectivity index (χ1v) is 10.4. The molecule has 2 aliphatic carbocycles. The highest BCUT2D eigenvalue weighted by Crippen LogP contribution is 2.45. The van der Waals surface area contributed by atoms with Crippen molar-refractivity contribution in [3.8, 4) is 0 Å². The number of nitrogens with one attached hydrogen (secondary N) is 2. The summed E-state index contributed by atoms with van der Waals surface area (Å²) in [6, 6.07) is 0. The van der Waals surface area contributed by atoms with Crippen LogP contribution in [0.5, 0.6) is 0 Å². The fourth-order valence-electron chi connectivity index (χ4n) is 4.88. The number of halogens is 3. The zero-order chi connectivity index (χ0) is 17.3. The summed E-state index contributed by atoms with van der Waals surface area (Å²) in [4.78, 5) is 0.533. The minimum absolute atomic E-state index is 0.0873. The molecule has 0 amide bonds. The van der Waals surface area contributed by atoms with E-state index >= 15 is 0 Å². The van der Waals surface area contributed by atoms with E-state index < -0.39 is 6.61 Å². The molecule has 0 aromatic rings. The van der Waals surface area contributed by atoms with Gasteiger partial charge in [0.1, 0.15) is 0 Å². The van der Waals surface area contributed by atoms with Crippen molar-refractivity contribution >= 4 is 28.6 Å². The third-order valence-corrected chi connectivity index (χ3v) is 7.28. The Morgan fingerprint density at radius 3 is 2.33 bits per heavy atom. The van der Waals surface area contributed by atoms with E-state index in [1.165, 1.54) is 12.8 Å². The van der Waals surface area contributed by atoms with Crippen LogP contribution in [0.25, 0.3) is 0 Å². The third-order valence-electron chi connectivity index (χ3n) is 6.00. The Kier molecular flexibility index (Phi) is 6.47. The maximum atomic E-state index is 12.5. The van der Waals surface area contributed by atoms with E-state index in [-0.39, 0.29) is 23.3 Å². The highest BCUT2D eigenvalue weighted by molar-refractivity contribution is 9.09. The maximum Gasteiger partial charge on any atom is 0.345 e. The van der Waals surface area contributed by atoms with E-state index in [0.29, 0.717) is 29.5 Å². The van der Waals surface area contributed by atoms with Crippen LogP contribution in [-0.4, -0.2) is 34.7 Å². The molecule has 5 unspecified atom stereocenters. The van der Waals surface area contributed by atoms with Crippen LogP contribution in [0.4, 0.5) is 8.78 Å². The Morgan fingerprint density at radius 1 is 1.08 bits per heavy atom. The number of nitrogens with two attached hydrogens (primary N) is 1. The standard InChI is InChI=1S/C16H28BrF2N3OS/c17-11-3-1-2-10(8-11)16(21-13(20)14(24)22-16)9-4-6-12(7-5-9)23-15(18)19/h9-15,21-22,24H,1-8,20H2. The van der Waals surface area contributed by atoms with Crippen molar-refractivity contribution in [2.24, 2.45) is 17.6 Å². The third kappa shape index (κ3) is 4.09. The molecule has 4 nitrogen and oxygen atoms in total. The van der Waals surface area contributed by atoms with E-state index in [1.807, 2.05) is 0 Å². The summed E-state index contributed by atoms with van der Waals surface area (Å²) in [6.07, 6.45) is 7.23. The van der Waals surface area contributed by atoms with Crippen LogP contribution in [0.15, 0.2) is 0 Å². The van der Waals surface area contributed by atoms with Crippen molar-refractivity contribution in [1.82, 2.24) is 10.6 Å². The Morgan fingerprint density at radius 2 is 1.79 bits per heavy atom. The first-order valence-electron chi connectivity index (χ1n) is 8.97. The summed E-state index contributed by atoms with van der Waals surface area (Å²) >= 11 is 8.37. The second-order valence-electron chi connectivity index (χ2n) is 7.46. The molecule has 140 valence electrons. The maximum absolute atomic E-state index is 12.5. The summed E-state index contributed by atoms with van der Waals surface area (Å²) in [5.74, 6) is 0.831. The average Bonchev–Trinajstić information content (AvgIpc) is 2.84. The lowest BCUT2D eigenvalue weighted by atomic mass is 9.69. The minimum atomic E-state index is -2.68. The van der Waals surface area contributed by atoms with Crippen LogP contribution in [0.3, 0.4) is 0 Å². The fourth-order valence-corrected chi connectivity index (χ4v) is 5.94. The van der Waals surface area contributed by atoms with Gasteiger partial charge in [-0.2, -0.15) is 21.4 Å². The molecule has 3 rings (SSSR count). The van der Waals surface area contributed by atoms with Gasteiger partial charge in [0.25, 0.3) is 0 Å². The summed E-state index contributed by atoms with van der Waals surface area (Å²) in [6.45, 7) is -2.68. The minimum Gasteiger partial charge on any atom is -0.320 e. The van der Waals surface area contributed by atoms with Gasteiger partial charge in [0.2, 0.25) is 0 Å². The van der Waals surface area contributed by atoms with Gasteiger partial charge in [0, 0.05) is 4.83 Å². The summed E-state index contributed by atoms with van der Waals surface area (Å²) in [7, 11) is 0. The number of hydrogen-bond acceptors (Lipinski definition) is 5. The van der Waals surface area contributed by atoms with Crippen LogP contribution in [0, 0.1) is 11.8 Å². The molecule has 0 bridgehead atoms. The molecule has 0 aromatic heterocycles. The Hall–Kier alpha value is 0.530.